The molecule has 0 aliphatic carbocycles. The molecular formula is C29H38ClN7O4S2. The molecule has 2 aromatic heterocycles. The number of fused-ring (bicyclic) bond motifs is 4. The highest BCUT2D eigenvalue weighted by molar-refractivity contribution is 7.10. The number of hydrogen-bond acceptors (Lipinski definition) is 9. The van der Waals surface area contributed by atoms with Gasteiger partial charge in [-0.1, -0.05) is 44.2 Å². The van der Waals surface area contributed by atoms with E-state index in [-0.39, 0.29) is 66.4 Å². The molecule has 4 N–H and O–H groups in total. The van der Waals surface area contributed by atoms with Gasteiger partial charge in [0, 0.05) is 23.8 Å². The van der Waals surface area contributed by atoms with Crippen LogP contribution in [-0.4, -0.2) is 71.2 Å². The summed E-state index contributed by atoms with van der Waals surface area (Å²) in [6, 6.07) is 8.30. The lowest BCUT2D eigenvalue weighted by atomic mass is 10.0. The van der Waals surface area contributed by atoms with Crippen molar-refractivity contribution in [1.82, 2.24) is 36.1 Å². The molecule has 43 heavy (non-hydrogen) atoms. The highest BCUT2D eigenvalue weighted by Gasteiger charge is 2.28. The van der Waals surface area contributed by atoms with Crippen molar-refractivity contribution in [2.24, 2.45) is 5.92 Å². The fourth-order valence-electron chi connectivity index (χ4n) is 4.51. The molecule has 0 spiro atoms. The van der Waals surface area contributed by atoms with Crippen LogP contribution in [0.5, 0.6) is 0 Å². The predicted octanol–water partition coefficient (Wildman–Crippen LogP) is 3.12. The second-order valence-electron chi connectivity index (χ2n) is 10.5. The quantitative estimate of drug-likeness (QED) is 0.333. The first kappa shape index (κ1) is 34.1. The Balaban J connectivity index is 0.00000506. The van der Waals surface area contributed by atoms with Gasteiger partial charge in [-0.3, -0.25) is 19.2 Å². The highest BCUT2D eigenvalue weighted by Crippen LogP contribution is 2.27. The van der Waals surface area contributed by atoms with Crippen LogP contribution in [0.3, 0.4) is 0 Å². The number of likely N-dealkylation sites (N-methyl/N-ethyl adjacent to an activating group) is 1. The van der Waals surface area contributed by atoms with E-state index < -0.39 is 18.1 Å². The fraction of sp³-hybridized carbons (Fsp3) is 0.448. The Hall–Kier alpha value is -3.39. The monoisotopic (exact) mass is 647 g/mol. The maximum absolute atomic E-state index is 13.4. The molecule has 11 nitrogen and oxygen atoms in total. The first-order chi connectivity index (χ1) is 20.2. The first-order valence-corrected chi connectivity index (χ1v) is 15.7. The number of benzene rings is 1. The zero-order valence-corrected chi connectivity index (χ0v) is 27.0. The van der Waals surface area contributed by atoms with Crippen molar-refractivity contribution in [3.63, 3.8) is 0 Å². The summed E-state index contributed by atoms with van der Waals surface area (Å²) in [6.07, 6.45) is 0.913. The molecule has 3 aromatic rings. The molecular weight excluding hydrogens is 610 g/mol. The average molecular weight is 648 g/mol. The standard InChI is InChI=1S/C29H37N7O4S2.ClH/c1-17(2)24-28-34-21(15-42-28)25(38)31-11-8-12-36(29(40)18(3)30-4)14-23(37)32-20(13-19-9-6-5-7-10-19)27-33-22(16-41-27)26(39)35-24;/h5-7,9-10,15-18,20,24,30H,8,11-14H2,1-4H3,(H,31,38)(H,32,37)(H,35,39);1H/t18-,20-,24-;/m0./s1. The van der Waals surface area contributed by atoms with E-state index in [4.69, 9.17) is 0 Å². The van der Waals surface area contributed by atoms with E-state index in [1.807, 2.05) is 44.2 Å². The lowest BCUT2D eigenvalue weighted by Crippen LogP contribution is -2.49. The van der Waals surface area contributed by atoms with Gasteiger partial charge in [-0.15, -0.1) is 35.1 Å². The maximum atomic E-state index is 13.4. The van der Waals surface area contributed by atoms with E-state index in [9.17, 15) is 19.2 Å². The molecule has 4 rings (SSSR count). The molecule has 4 bridgehead atoms. The number of thiazole rings is 2. The van der Waals surface area contributed by atoms with Crippen LogP contribution < -0.4 is 21.3 Å². The molecule has 1 aliphatic heterocycles. The minimum absolute atomic E-state index is 0. The van der Waals surface area contributed by atoms with Crippen LogP contribution in [0.1, 0.15) is 75.8 Å². The number of hydrogen-bond donors (Lipinski definition) is 4. The lowest BCUT2D eigenvalue weighted by Gasteiger charge is -2.26. The number of amides is 4. The third-order valence-corrected chi connectivity index (χ3v) is 8.87. The number of nitrogens with one attached hydrogen (secondary N) is 4. The van der Waals surface area contributed by atoms with E-state index in [0.717, 1.165) is 5.56 Å². The predicted molar refractivity (Wildman–Crippen MR) is 170 cm³/mol. The van der Waals surface area contributed by atoms with Gasteiger partial charge in [-0.05, 0) is 38.3 Å². The van der Waals surface area contributed by atoms with E-state index in [1.54, 1.807) is 24.7 Å². The fourth-order valence-corrected chi connectivity index (χ4v) is 6.38. The number of carbonyl (C=O) groups is 4. The van der Waals surface area contributed by atoms with Crippen molar-refractivity contribution in [2.75, 3.05) is 26.7 Å². The van der Waals surface area contributed by atoms with Gasteiger partial charge < -0.3 is 26.2 Å². The summed E-state index contributed by atoms with van der Waals surface area (Å²) in [7, 11) is 1.69. The molecule has 0 fully saturated rings. The molecule has 3 atom stereocenters. The number of halogens is 1. The molecule has 1 aliphatic rings. The van der Waals surface area contributed by atoms with E-state index in [0.29, 0.717) is 29.4 Å². The van der Waals surface area contributed by atoms with Gasteiger partial charge in [-0.25, -0.2) is 9.97 Å². The smallest absolute Gasteiger partial charge is 0.271 e. The first-order valence-electron chi connectivity index (χ1n) is 14.0. The van der Waals surface area contributed by atoms with Crippen LogP contribution in [-0.2, 0) is 16.0 Å². The summed E-state index contributed by atoms with van der Waals surface area (Å²) in [5.41, 5.74) is 1.50. The van der Waals surface area contributed by atoms with Crippen molar-refractivity contribution in [2.45, 2.75) is 51.7 Å². The van der Waals surface area contributed by atoms with Gasteiger partial charge in [-0.2, -0.15) is 0 Å². The number of nitrogens with zero attached hydrogens (tertiary/aromatic N) is 3. The van der Waals surface area contributed by atoms with Crippen molar-refractivity contribution >= 4 is 58.7 Å². The topological polar surface area (TPSA) is 145 Å². The van der Waals surface area contributed by atoms with Crippen molar-refractivity contribution in [3.05, 3.63) is 68.1 Å². The molecule has 1 aromatic carbocycles. The Morgan fingerprint density at radius 1 is 1.00 bits per heavy atom. The molecule has 0 saturated heterocycles. The van der Waals surface area contributed by atoms with Crippen molar-refractivity contribution in [3.8, 4) is 0 Å². The van der Waals surface area contributed by atoms with Gasteiger partial charge >= 0.3 is 0 Å². The van der Waals surface area contributed by atoms with Crippen LogP contribution in [0.25, 0.3) is 0 Å². The van der Waals surface area contributed by atoms with Crippen LogP contribution in [0, 0.1) is 5.92 Å². The van der Waals surface area contributed by atoms with E-state index >= 15 is 0 Å². The van der Waals surface area contributed by atoms with Crippen LogP contribution >= 0.6 is 35.1 Å². The van der Waals surface area contributed by atoms with Gasteiger partial charge in [0.05, 0.1) is 24.7 Å². The summed E-state index contributed by atoms with van der Waals surface area (Å²) in [6.45, 7) is 6.10. The Morgan fingerprint density at radius 3 is 2.33 bits per heavy atom. The molecule has 3 heterocycles. The van der Waals surface area contributed by atoms with Crippen LogP contribution in [0.4, 0.5) is 0 Å². The summed E-state index contributed by atoms with van der Waals surface area (Å²) in [5.74, 6) is -1.25. The molecule has 4 amide bonds. The zero-order valence-electron chi connectivity index (χ0n) is 24.6. The average Bonchev–Trinajstić information content (AvgIpc) is 3.67. The Morgan fingerprint density at radius 2 is 1.65 bits per heavy atom. The largest absolute Gasteiger partial charge is 0.351 e. The Kier molecular flexibility index (Phi) is 12.6. The second kappa shape index (κ2) is 15.9. The van der Waals surface area contributed by atoms with E-state index in [1.165, 1.54) is 27.6 Å². The second-order valence-corrected chi connectivity index (χ2v) is 12.3. The molecule has 0 radical (unpaired) electrons. The summed E-state index contributed by atoms with van der Waals surface area (Å²) in [4.78, 5) is 63.2. The number of carbonyl (C=O) groups excluding carboxylic acids is 4. The number of aromatic nitrogens is 2. The van der Waals surface area contributed by atoms with Gasteiger partial charge in [0.15, 0.2) is 0 Å². The molecule has 0 unspecified atom stereocenters. The van der Waals surface area contributed by atoms with Crippen molar-refractivity contribution in [1.29, 1.82) is 0 Å². The highest BCUT2D eigenvalue weighted by atomic mass is 35.5. The van der Waals surface area contributed by atoms with Crippen LogP contribution in [0.15, 0.2) is 41.1 Å². The van der Waals surface area contributed by atoms with Gasteiger partial charge in [0.2, 0.25) is 11.8 Å². The Bertz CT molecular complexity index is 1400. The van der Waals surface area contributed by atoms with Crippen molar-refractivity contribution < 1.29 is 19.2 Å². The van der Waals surface area contributed by atoms with Gasteiger partial charge in [0.1, 0.15) is 21.4 Å². The Labute approximate surface area is 265 Å². The third kappa shape index (κ3) is 9.05. The minimum Gasteiger partial charge on any atom is -0.351 e. The molecule has 232 valence electrons. The van der Waals surface area contributed by atoms with Crippen LogP contribution in [0.2, 0.25) is 0 Å². The summed E-state index contributed by atoms with van der Waals surface area (Å²) < 4.78 is 0. The lowest BCUT2D eigenvalue weighted by molar-refractivity contribution is -0.137. The molecule has 14 heteroatoms. The normalized spacial score (nSPS) is 19.2. The number of rotatable bonds is 5. The minimum atomic E-state index is -0.506. The van der Waals surface area contributed by atoms with E-state index in [2.05, 4.69) is 31.2 Å². The summed E-state index contributed by atoms with van der Waals surface area (Å²) >= 11 is 2.61. The van der Waals surface area contributed by atoms with Gasteiger partial charge in [0.25, 0.3) is 11.8 Å². The third-order valence-electron chi connectivity index (χ3n) is 6.98. The summed E-state index contributed by atoms with van der Waals surface area (Å²) in [5, 5.41) is 16.4. The SMILES string of the molecule is CN[C@@H](C)C(=O)N1CCCNC(=O)c2csc(n2)[C@H](C(C)C)NC(=O)c2csc(n2)[C@H](Cc2ccccc2)NC(=O)C1.Cl. The zero-order chi connectivity index (χ0) is 30.2. The molecule has 0 saturated carbocycles. The maximum Gasteiger partial charge on any atom is 0.271 e.